The zero-order valence-corrected chi connectivity index (χ0v) is 16.1. The van der Waals surface area contributed by atoms with Crippen LogP contribution in [-0.4, -0.2) is 12.2 Å². The van der Waals surface area contributed by atoms with E-state index in [-0.39, 0.29) is 0 Å². The standard InChI is InChI=1S/C22H20ClN3O2/c1-16-6-2-4-8-20(16)25-22(27)26-24-14-18-7-3-5-9-21(18)28-15-17-10-12-19(23)13-11-17/h2-14H,15H2,1H3,(H2,25,26,27). The van der Waals surface area contributed by atoms with Gasteiger partial charge in [0.05, 0.1) is 6.21 Å². The van der Waals surface area contributed by atoms with Crippen molar-refractivity contribution in [3.63, 3.8) is 0 Å². The zero-order valence-electron chi connectivity index (χ0n) is 15.4. The number of urea groups is 1. The molecule has 0 radical (unpaired) electrons. The molecule has 2 N–H and O–H groups in total. The number of anilines is 1. The van der Waals surface area contributed by atoms with Crippen molar-refractivity contribution < 1.29 is 9.53 Å². The molecule has 0 saturated carbocycles. The first-order valence-electron chi connectivity index (χ1n) is 8.74. The molecule has 3 aromatic rings. The van der Waals surface area contributed by atoms with Crippen molar-refractivity contribution in [1.29, 1.82) is 0 Å². The summed E-state index contributed by atoms with van der Waals surface area (Å²) < 4.78 is 5.87. The number of hydrazone groups is 1. The molecule has 28 heavy (non-hydrogen) atoms. The SMILES string of the molecule is Cc1ccccc1NC(=O)NN=Cc1ccccc1OCc1ccc(Cl)cc1. The van der Waals surface area contributed by atoms with Gasteiger partial charge in [-0.05, 0) is 48.4 Å². The van der Waals surface area contributed by atoms with Crippen molar-refractivity contribution in [1.82, 2.24) is 5.43 Å². The van der Waals surface area contributed by atoms with Gasteiger partial charge in [-0.2, -0.15) is 5.10 Å². The average Bonchev–Trinajstić information content (AvgIpc) is 2.70. The predicted octanol–water partition coefficient (Wildman–Crippen LogP) is 5.38. The number of benzene rings is 3. The molecule has 0 heterocycles. The Balaban J connectivity index is 1.58. The Bertz CT molecular complexity index is 972. The normalized spacial score (nSPS) is 10.6. The van der Waals surface area contributed by atoms with Gasteiger partial charge in [0.1, 0.15) is 12.4 Å². The molecular weight excluding hydrogens is 374 g/mol. The minimum Gasteiger partial charge on any atom is -0.488 e. The van der Waals surface area contributed by atoms with Crippen LogP contribution in [0.2, 0.25) is 5.02 Å². The summed E-state index contributed by atoms with van der Waals surface area (Å²) in [5, 5.41) is 7.45. The maximum atomic E-state index is 12.0. The summed E-state index contributed by atoms with van der Waals surface area (Å²) in [5.74, 6) is 0.669. The quantitative estimate of drug-likeness (QED) is 0.436. The first kappa shape index (κ1) is 19.5. The van der Waals surface area contributed by atoms with Gasteiger partial charge in [0.2, 0.25) is 0 Å². The highest BCUT2D eigenvalue weighted by molar-refractivity contribution is 6.30. The molecule has 0 aliphatic rings. The second-order valence-corrected chi connectivity index (χ2v) is 6.53. The van der Waals surface area contributed by atoms with Crippen molar-refractivity contribution in [2.24, 2.45) is 5.10 Å². The van der Waals surface area contributed by atoms with Crippen LogP contribution >= 0.6 is 11.6 Å². The van der Waals surface area contributed by atoms with Crippen LogP contribution in [0, 0.1) is 6.92 Å². The van der Waals surface area contributed by atoms with E-state index in [1.165, 1.54) is 0 Å². The summed E-state index contributed by atoms with van der Waals surface area (Å²) >= 11 is 5.90. The number of halogens is 1. The number of aryl methyl sites for hydroxylation is 1. The second kappa shape index (κ2) is 9.58. The van der Waals surface area contributed by atoms with Crippen LogP contribution in [-0.2, 0) is 6.61 Å². The van der Waals surface area contributed by atoms with Gasteiger partial charge in [0, 0.05) is 16.3 Å². The number of carbonyl (C=O) groups is 1. The van der Waals surface area contributed by atoms with E-state index in [1.807, 2.05) is 79.7 Å². The van der Waals surface area contributed by atoms with Crippen molar-refractivity contribution in [2.75, 3.05) is 5.32 Å². The van der Waals surface area contributed by atoms with Crippen LogP contribution in [0.4, 0.5) is 10.5 Å². The van der Waals surface area contributed by atoms with E-state index >= 15 is 0 Å². The molecule has 0 bridgehead atoms. The van der Waals surface area contributed by atoms with Gasteiger partial charge < -0.3 is 10.1 Å². The number of rotatable bonds is 6. The fourth-order valence-corrected chi connectivity index (χ4v) is 2.61. The summed E-state index contributed by atoms with van der Waals surface area (Å²) in [6.07, 6.45) is 1.55. The third-order valence-corrected chi connectivity index (χ3v) is 4.24. The number of nitrogens with one attached hydrogen (secondary N) is 2. The van der Waals surface area contributed by atoms with Gasteiger partial charge in [0.25, 0.3) is 0 Å². The Kier molecular flexibility index (Phi) is 6.65. The maximum absolute atomic E-state index is 12.0. The Morgan fingerprint density at radius 2 is 1.75 bits per heavy atom. The summed E-state index contributed by atoms with van der Waals surface area (Å²) in [6.45, 7) is 2.33. The lowest BCUT2D eigenvalue weighted by Gasteiger charge is -2.09. The van der Waals surface area contributed by atoms with E-state index in [2.05, 4.69) is 15.8 Å². The number of para-hydroxylation sites is 2. The van der Waals surface area contributed by atoms with E-state index in [9.17, 15) is 4.79 Å². The van der Waals surface area contributed by atoms with Crippen LogP contribution < -0.4 is 15.5 Å². The van der Waals surface area contributed by atoms with E-state index in [0.717, 1.165) is 22.4 Å². The van der Waals surface area contributed by atoms with Crippen LogP contribution in [0.25, 0.3) is 0 Å². The van der Waals surface area contributed by atoms with Gasteiger partial charge in [-0.15, -0.1) is 0 Å². The molecule has 0 aliphatic heterocycles. The zero-order chi connectivity index (χ0) is 19.8. The number of hydrogen-bond acceptors (Lipinski definition) is 3. The average molecular weight is 394 g/mol. The summed E-state index contributed by atoms with van der Waals surface area (Å²) in [5.41, 5.74) is 5.94. The third-order valence-electron chi connectivity index (χ3n) is 3.99. The molecule has 142 valence electrons. The summed E-state index contributed by atoms with van der Waals surface area (Å²) in [4.78, 5) is 12.0. The van der Waals surface area contributed by atoms with Crippen LogP contribution in [0.15, 0.2) is 77.9 Å². The van der Waals surface area contributed by atoms with Crippen LogP contribution in [0.5, 0.6) is 5.75 Å². The highest BCUT2D eigenvalue weighted by Gasteiger charge is 2.04. The highest BCUT2D eigenvalue weighted by Crippen LogP contribution is 2.18. The van der Waals surface area contributed by atoms with Crippen molar-refractivity contribution in [3.8, 4) is 5.75 Å². The lowest BCUT2D eigenvalue weighted by atomic mass is 10.2. The number of ether oxygens (including phenoxy) is 1. The molecule has 6 heteroatoms. The molecule has 0 fully saturated rings. The number of carbonyl (C=O) groups excluding carboxylic acids is 1. The van der Waals surface area contributed by atoms with Gasteiger partial charge in [-0.1, -0.05) is 54.1 Å². The molecule has 5 nitrogen and oxygen atoms in total. The lowest BCUT2D eigenvalue weighted by Crippen LogP contribution is -2.24. The fraction of sp³-hybridized carbons (Fsp3) is 0.0909. The first-order valence-corrected chi connectivity index (χ1v) is 9.11. The Morgan fingerprint density at radius 3 is 2.54 bits per heavy atom. The Hall–Kier alpha value is -3.31. The maximum Gasteiger partial charge on any atom is 0.339 e. The van der Waals surface area contributed by atoms with Gasteiger partial charge in [-0.3, -0.25) is 0 Å². The Morgan fingerprint density at radius 1 is 1.04 bits per heavy atom. The first-order chi connectivity index (χ1) is 13.6. The molecule has 0 saturated heterocycles. The van der Waals surface area contributed by atoms with E-state index in [0.29, 0.717) is 17.4 Å². The van der Waals surface area contributed by atoms with E-state index < -0.39 is 6.03 Å². The molecule has 0 spiro atoms. The van der Waals surface area contributed by atoms with E-state index in [1.54, 1.807) is 6.21 Å². The monoisotopic (exact) mass is 393 g/mol. The Labute approximate surface area is 169 Å². The fourth-order valence-electron chi connectivity index (χ4n) is 2.48. The lowest BCUT2D eigenvalue weighted by molar-refractivity contribution is 0.252. The molecule has 2 amide bonds. The molecule has 3 rings (SSSR count). The van der Waals surface area contributed by atoms with E-state index in [4.69, 9.17) is 16.3 Å². The minimum absolute atomic E-state index is 0.406. The molecule has 0 unspecified atom stereocenters. The smallest absolute Gasteiger partial charge is 0.339 e. The summed E-state index contributed by atoms with van der Waals surface area (Å²) in [7, 11) is 0. The molecule has 0 aliphatic carbocycles. The second-order valence-electron chi connectivity index (χ2n) is 6.09. The third kappa shape index (κ3) is 5.59. The van der Waals surface area contributed by atoms with Gasteiger partial charge >= 0.3 is 6.03 Å². The number of amides is 2. The van der Waals surface area contributed by atoms with Crippen LogP contribution in [0.3, 0.4) is 0 Å². The molecule has 0 atom stereocenters. The largest absolute Gasteiger partial charge is 0.488 e. The van der Waals surface area contributed by atoms with Gasteiger partial charge in [0.15, 0.2) is 0 Å². The molecule has 3 aromatic carbocycles. The molecular formula is C22H20ClN3O2. The van der Waals surface area contributed by atoms with Gasteiger partial charge in [-0.25, -0.2) is 10.2 Å². The van der Waals surface area contributed by atoms with Crippen molar-refractivity contribution >= 4 is 29.5 Å². The molecule has 0 aromatic heterocycles. The van der Waals surface area contributed by atoms with Crippen molar-refractivity contribution in [2.45, 2.75) is 13.5 Å². The van der Waals surface area contributed by atoms with Crippen molar-refractivity contribution in [3.05, 3.63) is 94.5 Å². The summed E-state index contributed by atoms with van der Waals surface area (Å²) in [6, 6.07) is 22.1. The highest BCUT2D eigenvalue weighted by atomic mass is 35.5. The van der Waals surface area contributed by atoms with Crippen LogP contribution in [0.1, 0.15) is 16.7 Å². The number of hydrogen-bond donors (Lipinski definition) is 2. The predicted molar refractivity (Wildman–Crippen MR) is 113 cm³/mol. The topological polar surface area (TPSA) is 62.7 Å². The number of nitrogens with zero attached hydrogens (tertiary/aromatic N) is 1. The minimum atomic E-state index is -0.412.